The second-order valence-corrected chi connectivity index (χ2v) is 6.94. The number of aromatic nitrogens is 3. The minimum atomic E-state index is -0.427. The summed E-state index contributed by atoms with van der Waals surface area (Å²) < 4.78 is 15.9. The first-order chi connectivity index (χ1) is 13.7. The number of nitrogens with zero attached hydrogens (tertiary/aromatic N) is 4. The Bertz CT molecular complexity index is 935. The Labute approximate surface area is 163 Å². The van der Waals surface area contributed by atoms with Gasteiger partial charge in [0.15, 0.2) is 0 Å². The number of carbonyl (C=O) groups excluding carboxylic acids is 1. The Morgan fingerprint density at radius 3 is 2.61 bits per heavy atom. The molecule has 0 bridgehead atoms. The van der Waals surface area contributed by atoms with Crippen molar-refractivity contribution in [3.05, 3.63) is 78.4 Å². The molecule has 0 aliphatic carbocycles. The minimum absolute atomic E-state index is 0.211. The summed E-state index contributed by atoms with van der Waals surface area (Å²) >= 11 is 0. The highest BCUT2D eigenvalue weighted by Gasteiger charge is 2.26. The smallest absolute Gasteiger partial charge is 0.321 e. The molecule has 144 valence electrons. The van der Waals surface area contributed by atoms with Gasteiger partial charge in [-0.3, -0.25) is 4.98 Å². The van der Waals surface area contributed by atoms with E-state index in [0.717, 1.165) is 25.2 Å². The molecule has 2 aromatic heterocycles. The Morgan fingerprint density at radius 1 is 1.11 bits per heavy atom. The summed E-state index contributed by atoms with van der Waals surface area (Å²) in [5, 5.41) is 2.66. The summed E-state index contributed by atoms with van der Waals surface area (Å²) in [6, 6.07) is 9.95. The molecule has 0 atom stereocenters. The number of para-hydroxylation sites is 1. The van der Waals surface area contributed by atoms with Crippen molar-refractivity contribution in [3.63, 3.8) is 0 Å². The molecule has 1 aliphatic rings. The lowest BCUT2D eigenvalue weighted by molar-refractivity contribution is 0.193. The van der Waals surface area contributed by atoms with Crippen LogP contribution in [0.1, 0.15) is 30.1 Å². The van der Waals surface area contributed by atoms with E-state index in [2.05, 4.69) is 19.9 Å². The van der Waals surface area contributed by atoms with Crippen LogP contribution in [0.4, 0.5) is 14.9 Å². The zero-order chi connectivity index (χ0) is 19.3. The number of nitrogens with one attached hydrogen (secondary N) is 1. The molecule has 0 spiro atoms. The summed E-state index contributed by atoms with van der Waals surface area (Å²) in [4.78, 5) is 22.8. The Hall–Kier alpha value is -3.22. The quantitative estimate of drug-likeness (QED) is 0.748. The van der Waals surface area contributed by atoms with E-state index in [-0.39, 0.29) is 11.7 Å². The van der Waals surface area contributed by atoms with Crippen molar-refractivity contribution >= 4 is 11.7 Å². The predicted molar refractivity (Wildman–Crippen MR) is 105 cm³/mol. The summed E-state index contributed by atoms with van der Waals surface area (Å²) in [5.74, 6) is 0.921. The van der Waals surface area contributed by atoms with E-state index in [1.54, 1.807) is 35.5 Å². The van der Waals surface area contributed by atoms with Crippen LogP contribution in [-0.2, 0) is 6.54 Å². The molecule has 0 saturated carbocycles. The second-order valence-electron chi connectivity index (χ2n) is 6.94. The highest BCUT2D eigenvalue weighted by atomic mass is 19.1. The van der Waals surface area contributed by atoms with Crippen molar-refractivity contribution in [1.82, 2.24) is 19.4 Å². The number of pyridine rings is 1. The van der Waals surface area contributed by atoms with Gasteiger partial charge in [0, 0.05) is 50.3 Å². The molecule has 4 rings (SSSR count). The van der Waals surface area contributed by atoms with Gasteiger partial charge in [0.25, 0.3) is 0 Å². The molecule has 1 saturated heterocycles. The van der Waals surface area contributed by atoms with Crippen LogP contribution < -0.4 is 5.32 Å². The molecule has 6 nitrogen and oxygen atoms in total. The van der Waals surface area contributed by atoms with Crippen LogP contribution in [0.3, 0.4) is 0 Å². The molecule has 3 heterocycles. The normalized spacial score (nSPS) is 14.8. The number of hydrogen-bond acceptors (Lipinski definition) is 3. The molecule has 28 heavy (non-hydrogen) atoms. The first-order valence-corrected chi connectivity index (χ1v) is 9.41. The number of urea groups is 1. The first-order valence-electron chi connectivity index (χ1n) is 9.41. The zero-order valence-electron chi connectivity index (χ0n) is 15.5. The molecular formula is C21H22FN5O. The molecule has 0 radical (unpaired) electrons. The Balaban J connectivity index is 1.36. The summed E-state index contributed by atoms with van der Waals surface area (Å²) in [5.41, 5.74) is 1.39. The van der Waals surface area contributed by atoms with Crippen molar-refractivity contribution < 1.29 is 9.18 Å². The lowest BCUT2D eigenvalue weighted by Gasteiger charge is -2.32. The molecule has 3 aromatic rings. The van der Waals surface area contributed by atoms with Gasteiger partial charge in [-0.25, -0.2) is 14.2 Å². The number of hydrogen-bond donors (Lipinski definition) is 1. The van der Waals surface area contributed by atoms with E-state index in [0.29, 0.717) is 19.0 Å². The summed E-state index contributed by atoms with van der Waals surface area (Å²) in [6.07, 6.45) is 9.06. The molecular weight excluding hydrogens is 357 g/mol. The fraction of sp³-hybridized carbons (Fsp3) is 0.286. The number of piperidine rings is 1. The number of carbonyl (C=O) groups is 1. The standard InChI is InChI=1S/C21H22FN5O/c22-18-3-1-2-4-19(18)25-21(28)26-12-7-17(8-13-26)20-24-11-14-27(20)15-16-5-9-23-10-6-16/h1-6,9-11,14,17H,7-8,12-13,15H2,(H,25,28). The average Bonchev–Trinajstić information content (AvgIpc) is 3.18. The maximum Gasteiger partial charge on any atom is 0.321 e. The first kappa shape index (κ1) is 18.2. The molecule has 7 heteroatoms. The van der Waals surface area contributed by atoms with Gasteiger partial charge in [-0.05, 0) is 42.7 Å². The largest absolute Gasteiger partial charge is 0.330 e. The maximum atomic E-state index is 13.7. The van der Waals surface area contributed by atoms with Crippen molar-refractivity contribution in [2.24, 2.45) is 0 Å². The zero-order valence-corrected chi connectivity index (χ0v) is 15.5. The molecule has 1 aromatic carbocycles. The van der Waals surface area contributed by atoms with Crippen LogP contribution in [0, 0.1) is 5.82 Å². The summed E-state index contributed by atoms with van der Waals surface area (Å²) in [7, 11) is 0. The van der Waals surface area contributed by atoms with Gasteiger partial charge >= 0.3 is 6.03 Å². The van der Waals surface area contributed by atoms with Crippen LogP contribution in [0.5, 0.6) is 0 Å². The van der Waals surface area contributed by atoms with Crippen LogP contribution in [0.25, 0.3) is 0 Å². The number of benzene rings is 1. The van der Waals surface area contributed by atoms with E-state index in [4.69, 9.17) is 0 Å². The molecule has 1 aliphatic heterocycles. The topological polar surface area (TPSA) is 63.1 Å². The molecule has 2 amide bonds. The molecule has 1 N–H and O–H groups in total. The number of anilines is 1. The van der Waals surface area contributed by atoms with Crippen LogP contribution in [-0.4, -0.2) is 38.6 Å². The Morgan fingerprint density at radius 2 is 1.86 bits per heavy atom. The lowest BCUT2D eigenvalue weighted by Crippen LogP contribution is -2.41. The number of imidazole rings is 1. The highest BCUT2D eigenvalue weighted by Crippen LogP contribution is 2.28. The molecule has 1 fully saturated rings. The highest BCUT2D eigenvalue weighted by molar-refractivity contribution is 5.89. The van der Waals surface area contributed by atoms with Gasteiger partial charge in [-0.2, -0.15) is 0 Å². The van der Waals surface area contributed by atoms with E-state index in [9.17, 15) is 9.18 Å². The maximum absolute atomic E-state index is 13.7. The van der Waals surface area contributed by atoms with Crippen LogP contribution in [0.15, 0.2) is 61.2 Å². The Kier molecular flexibility index (Phi) is 5.32. The fourth-order valence-electron chi connectivity index (χ4n) is 3.60. The third kappa shape index (κ3) is 4.03. The van der Waals surface area contributed by atoms with Crippen LogP contribution in [0.2, 0.25) is 0 Å². The van der Waals surface area contributed by atoms with E-state index in [1.807, 2.05) is 24.5 Å². The van der Waals surface area contributed by atoms with Gasteiger partial charge in [0.2, 0.25) is 0 Å². The van der Waals surface area contributed by atoms with Crippen molar-refractivity contribution in [2.75, 3.05) is 18.4 Å². The van der Waals surface area contributed by atoms with Gasteiger partial charge in [-0.15, -0.1) is 0 Å². The lowest BCUT2D eigenvalue weighted by atomic mass is 9.96. The van der Waals surface area contributed by atoms with Gasteiger partial charge < -0.3 is 14.8 Å². The monoisotopic (exact) mass is 379 g/mol. The van der Waals surface area contributed by atoms with E-state index in [1.165, 1.54) is 11.6 Å². The second kappa shape index (κ2) is 8.21. The fourth-order valence-corrected chi connectivity index (χ4v) is 3.60. The van der Waals surface area contributed by atoms with E-state index < -0.39 is 5.82 Å². The average molecular weight is 379 g/mol. The number of amides is 2. The third-order valence-electron chi connectivity index (χ3n) is 5.11. The minimum Gasteiger partial charge on any atom is -0.330 e. The van der Waals surface area contributed by atoms with Gasteiger partial charge in [0.05, 0.1) is 5.69 Å². The van der Waals surface area contributed by atoms with Crippen LogP contribution >= 0.6 is 0 Å². The van der Waals surface area contributed by atoms with Crippen molar-refractivity contribution in [3.8, 4) is 0 Å². The number of halogens is 1. The predicted octanol–water partition coefficient (Wildman–Crippen LogP) is 3.88. The SMILES string of the molecule is O=C(Nc1ccccc1F)N1CCC(c2nccn2Cc2ccncc2)CC1. The molecule has 0 unspecified atom stereocenters. The summed E-state index contributed by atoms with van der Waals surface area (Å²) in [6.45, 7) is 1.99. The third-order valence-corrected chi connectivity index (χ3v) is 5.11. The number of rotatable bonds is 4. The van der Waals surface area contributed by atoms with Gasteiger partial charge in [0.1, 0.15) is 11.6 Å². The number of likely N-dealkylation sites (tertiary alicyclic amines) is 1. The van der Waals surface area contributed by atoms with Crippen molar-refractivity contribution in [1.29, 1.82) is 0 Å². The van der Waals surface area contributed by atoms with Gasteiger partial charge in [-0.1, -0.05) is 12.1 Å². The van der Waals surface area contributed by atoms with E-state index >= 15 is 0 Å². The van der Waals surface area contributed by atoms with Crippen molar-refractivity contribution in [2.45, 2.75) is 25.3 Å².